The summed E-state index contributed by atoms with van der Waals surface area (Å²) in [5.74, 6) is -0.373. The molecule has 0 saturated carbocycles. The average molecular weight is 297 g/mol. The summed E-state index contributed by atoms with van der Waals surface area (Å²) >= 11 is 0. The first-order valence-corrected chi connectivity index (χ1v) is 6.66. The van der Waals surface area contributed by atoms with E-state index in [2.05, 4.69) is 15.1 Å². The summed E-state index contributed by atoms with van der Waals surface area (Å²) in [6.07, 6.45) is -0.0159. The van der Waals surface area contributed by atoms with Crippen LogP contribution in [-0.4, -0.2) is 46.7 Å². The minimum absolute atomic E-state index is 0.0159. The third-order valence-corrected chi connectivity index (χ3v) is 2.28. The van der Waals surface area contributed by atoms with E-state index in [0.717, 1.165) is 0 Å². The molecular weight excluding hydrogens is 278 g/mol. The van der Waals surface area contributed by atoms with Crippen LogP contribution in [0.5, 0.6) is 11.9 Å². The average Bonchev–Trinajstić information content (AvgIpc) is 2.45. The second-order valence-electron chi connectivity index (χ2n) is 3.79. The minimum atomic E-state index is -0.700. The van der Waals surface area contributed by atoms with Gasteiger partial charge < -0.3 is 19.4 Å². The lowest BCUT2D eigenvalue weighted by Crippen LogP contribution is -2.20. The lowest BCUT2D eigenvalue weighted by atomic mass is 10.2. The molecule has 0 atom stereocenters. The van der Waals surface area contributed by atoms with Crippen LogP contribution in [0.25, 0.3) is 0 Å². The zero-order chi connectivity index (χ0) is 15.7. The smallest absolute Gasteiger partial charge is 0.356 e. The van der Waals surface area contributed by atoms with E-state index in [4.69, 9.17) is 19.4 Å². The topological polar surface area (TPSA) is 103 Å². The van der Waals surface area contributed by atoms with Crippen LogP contribution in [0.2, 0.25) is 0 Å². The molecule has 0 bridgehead atoms. The highest BCUT2D eigenvalue weighted by Gasteiger charge is 2.17. The van der Waals surface area contributed by atoms with E-state index in [1.54, 1.807) is 19.9 Å². The van der Waals surface area contributed by atoms with Gasteiger partial charge in [-0.15, -0.1) is 0 Å². The normalized spacial score (nSPS) is 11.1. The van der Waals surface area contributed by atoms with Crippen molar-refractivity contribution < 1.29 is 24.2 Å². The van der Waals surface area contributed by atoms with Crippen molar-refractivity contribution >= 4 is 11.7 Å². The van der Waals surface area contributed by atoms with Crippen LogP contribution in [0.4, 0.5) is 0 Å². The molecule has 0 aliphatic rings. The zero-order valence-corrected chi connectivity index (χ0v) is 12.3. The fourth-order valence-electron chi connectivity index (χ4n) is 1.49. The Kier molecular flexibility index (Phi) is 6.93. The molecule has 0 spiro atoms. The Balaban J connectivity index is 2.96. The summed E-state index contributed by atoms with van der Waals surface area (Å²) in [6, 6.07) is 1.69. The lowest BCUT2D eigenvalue weighted by Gasteiger charge is -2.09. The Morgan fingerprint density at radius 2 is 1.90 bits per heavy atom. The quantitative estimate of drug-likeness (QED) is 0.333. The van der Waals surface area contributed by atoms with Crippen molar-refractivity contribution in [1.82, 2.24) is 9.97 Å². The number of aromatic nitrogens is 2. The second-order valence-corrected chi connectivity index (χ2v) is 3.79. The molecule has 1 rings (SSSR count). The number of rotatable bonds is 8. The van der Waals surface area contributed by atoms with E-state index in [1.165, 1.54) is 0 Å². The van der Waals surface area contributed by atoms with Crippen LogP contribution in [0, 0.1) is 0 Å². The summed E-state index contributed by atoms with van der Waals surface area (Å²) < 4.78 is 15.3. The molecule has 0 unspecified atom stereocenters. The fourth-order valence-corrected chi connectivity index (χ4v) is 1.49. The molecule has 0 aliphatic heterocycles. The zero-order valence-electron chi connectivity index (χ0n) is 12.3. The first-order valence-electron chi connectivity index (χ1n) is 6.66. The molecule has 1 N–H and O–H groups in total. The van der Waals surface area contributed by atoms with Crippen LogP contribution in [0.3, 0.4) is 0 Å². The van der Waals surface area contributed by atoms with Gasteiger partial charge in [0, 0.05) is 12.5 Å². The van der Waals surface area contributed by atoms with Crippen molar-refractivity contribution in [2.75, 3.05) is 19.8 Å². The summed E-state index contributed by atoms with van der Waals surface area (Å²) in [5.41, 5.74) is 0.276. The van der Waals surface area contributed by atoms with Gasteiger partial charge in [-0.05, 0) is 20.8 Å². The van der Waals surface area contributed by atoms with Crippen molar-refractivity contribution in [3.63, 3.8) is 0 Å². The van der Waals surface area contributed by atoms with Crippen LogP contribution < -0.4 is 9.47 Å². The van der Waals surface area contributed by atoms with Crippen LogP contribution in [-0.2, 0) is 16.0 Å². The van der Waals surface area contributed by atoms with Gasteiger partial charge in [0.05, 0.1) is 25.5 Å². The highest BCUT2D eigenvalue weighted by atomic mass is 16.5. The second kappa shape index (κ2) is 8.72. The third-order valence-electron chi connectivity index (χ3n) is 2.28. The Hall–Kier alpha value is -2.38. The molecule has 8 nitrogen and oxygen atoms in total. The monoisotopic (exact) mass is 297 g/mol. The van der Waals surface area contributed by atoms with Gasteiger partial charge in [-0.2, -0.15) is 9.97 Å². The number of nitrogens with zero attached hydrogens (tertiary/aromatic N) is 3. The number of carbonyl (C=O) groups is 1. The van der Waals surface area contributed by atoms with Gasteiger partial charge in [-0.3, -0.25) is 0 Å². The molecule has 1 aromatic heterocycles. The number of carbonyl (C=O) groups excluding carboxylic acids is 1. The van der Waals surface area contributed by atoms with Crippen LogP contribution in [0.15, 0.2) is 11.2 Å². The van der Waals surface area contributed by atoms with Crippen molar-refractivity contribution in [3.8, 4) is 11.9 Å². The number of oxime groups is 1. The SMILES string of the molecule is CCOC(=O)/C(Cc1cc(OCC)nc(OCC)n1)=N\O. The van der Waals surface area contributed by atoms with E-state index in [-0.39, 0.29) is 24.7 Å². The Labute approximate surface area is 122 Å². The number of hydrogen-bond acceptors (Lipinski definition) is 8. The Bertz CT molecular complexity index is 480. The van der Waals surface area contributed by atoms with Gasteiger partial charge >= 0.3 is 12.0 Å². The van der Waals surface area contributed by atoms with E-state index in [9.17, 15) is 4.79 Å². The highest BCUT2D eigenvalue weighted by molar-refractivity contribution is 6.36. The first-order chi connectivity index (χ1) is 10.1. The lowest BCUT2D eigenvalue weighted by molar-refractivity contribution is -0.135. The maximum Gasteiger partial charge on any atom is 0.356 e. The predicted octanol–water partition coefficient (Wildman–Crippen LogP) is 1.21. The number of ether oxygens (including phenoxy) is 3. The summed E-state index contributed by atoms with van der Waals surface area (Å²) in [7, 11) is 0. The van der Waals surface area contributed by atoms with Crippen molar-refractivity contribution in [3.05, 3.63) is 11.8 Å². The van der Waals surface area contributed by atoms with Gasteiger partial charge in [0.1, 0.15) is 0 Å². The summed E-state index contributed by atoms with van der Waals surface area (Å²) in [5, 5.41) is 11.9. The molecular formula is C13H19N3O5. The first kappa shape index (κ1) is 16.7. The van der Waals surface area contributed by atoms with E-state index < -0.39 is 5.97 Å². The highest BCUT2D eigenvalue weighted by Crippen LogP contribution is 2.15. The van der Waals surface area contributed by atoms with Gasteiger partial charge in [-0.25, -0.2) is 4.79 Å². The summed E-state index contributed by atoms with van der Waals surface area (Å²) in [4.78, 5) is 19.8. The predicted molar refractivity (Wildman–Crippen MR) is 73.9 cm³/mol. The van der Waals surface area contributed by atoms with E-state index >= 15 is 0 Å². The maximum atomic E-state index is 11.6. The minimum Gasteiger partial charge on any atom is -0.478 e. The third kappa shape index (κ3) is 5.25. The molecule has 0 fully saturated rings. The van der Waals surface area contributed by atoms with Crippen molar-refractivity contribution in [2.45, 2.75) is 27.2 Å². The Morgan fingerprint density at radius 1 is 1.19 bits per heavy atom. The largest absolute Gasteiger partial charge is 0.478 e. The molecule has 0 aromatic carbocycles. The molecule has 116 valence electrons. The van der Waals surface area contributed by atoms with E-state index in [0.29, 0.717) is 24.8 Å². The fraction of sp³-hybridized carbons (Fsp3) is 0.538. The molecule has 0 aliphatic carbocycles. The van der Waals surface area contributed by atoms with Gasteiger partial charge in [0.25, 0.3) is 0 Å². The number of esters is 1. The standard InChI is InChI=1S/C13H19N3O5/c1-4-19-11-8-9(14-13(15-11)21-6-3)7-10(16-18)12(17)20-5-2/h8,18H,4-7H2,1-3H3/b16-10-. The maximum absolute atomic E-state index is 11.6. The summed E-state index contributed by atoms with van der Waals surface area (Å²) in [6.45, 7) is 6.31. The van der Waals surface area contributed by atoms with Crippen LogP contribution >= 0.6 is 0 Å². The molecule has 0 amide bonds. The van der Waals surface area contributed by atoms with Gasteiger partial charge in [0.15, 0.2) is 5.71 Å². The molecule has 21 heavy (non-hydrogen) atoms. The molecule has 1 aromatic rings. The molecule has 8 heteroatoms. The number of hydrogen-bond donors (Lipinski definition) is 1. The Morgan fingerprint density at radius 3 is 2.48 bits per heavy atom. The van der Waals surface area contributed by atoms with Crippen molar-refractivity contribution in [2.24, 2.45) is 5.16 Å². The van der Waals surface area contributed by atoms with Crippen molar-refractivity contribution in [1.29, 1.82) is 0 Å². The molecule has 1 heterocycles. The molecule has 0 saturated heterocycles. The van der Waals surface area contributed by atoms with Gasteiger partial charge in [0.2, 0.25) is 5.88 Å². The molecule has 0 radical (unpaired) electrons. The van der Waals surface area contributed by atoms with Gasteiger partial charge in [-0.1, -0.05) is 5.16 Å². The van der Waals surface area contributed by atoms with Crippen LogP contribution in [0.1, 0.15) is 26.5 Å². The van der Waals surface area contributed by atoms with E-state index in [1.807, 2.05) is 6.92 Å².